The number of alkyl halides is 6. The summed E-state index contributed by atoms with van der Waals surface area (Å²) in [5, 5.41) is 12.7. The summed E-state index contributed by atoms with van der Waals surface area (Å²) in [7, 11) is 0. The van der Waals surface area contributed by atoms with Crippen LogP contribution in [0.5, 0.6) is 0 Å². The smallest absolute Gasteiger partial charge is 0.346 e. The number of anilines is 1. The van der Waals surface area contributed by atoms with Gasteiger partial charge >= 0.3 is 12.4 Å². The number of pyridine rings is 1. The highest BCUT2D eigenvalue weighted by molar-refractivity contribution is 5.92. The highest BCUT2D eigenvalue weighted by Crippen LogP contribution is 2.42. The zero-order chi connectivity index (χ0) is 26.3. The van der Waals surface area contributed by atoms with E-state index in [1.165, 1.54) is 34.2 Å². The predicted molar refractivity (Wildman–Crippen MR) is 115 cm³/mol. The van der Waals surface area contributed by atoms with Gasteiger partial charge in [0, 0.05) is 18.1 Å². The summed E-state index contributed by atoms with van der Waals surface area (Å²) < 4.78 is 82.9. The molecular weight excluding hydrogens is 490 g/mol. The van der Waals surface area contributed by atoms with E-state index in [1.807, 2.05) is 6.07 Å². The van der Waals surface area contributed by atoms with Crippen LogP contribution in [0.15, 0.2) is 43.1 Å². The van der Waals surface area contributed by atoms with Crippen molar-refractivity contribution >= 4 is 16.7 Å². The third-order valence-corrected chi connectivity index (χ3v) is 5.47. The molecule has 0 aliphatic heterocycles. The SMILES string of the molecule is CCN(c1ncnc2c(C(F)(F)F)cc(C(F)(F)F)cc12)[C@@H](C)c1ncnn1-c1ccc(C#N)cn1. The predicted octanol–water partition coefficient (Wildman–Crippen LogP) is 5.10. The van der Waals surface area contributed by atoms with Crippen molar-refractivity contribution in [3.05, 3.63) is 65.6 Å². The van der Waals surface area contributed by atoms with Crippen LogP contribution in [0.4, 0.5) is 32.2 Å². The molecule has 0 fully saturated rings. The monoisotopic (exact) mass is 506 g/mol. The minimum Gasteiger partial charge on any atom is -0.346 e. The lowest BCUT2D eigenvalue weighted by molar-refractivity contribution is -0.142. The van der Waals surface area contributed by atoms with Crippen LogP contribution in [-0.2, 0) is 12.4 Å². The topological polar surface area (TPSA) is 96.4 Å². The molecule has 1 aromatic carbocycles. The summed E-state index contributed by atoms with van der Waals surface area (Å²) in [5.74, 6) is 0.480. The van der Waals surface area contributed by atoms with Gasteiger partial charge in [-0.15, -0.1) is 0 Å². The zero-order valence-corrected chi connectivity index (χ0v) is 18.7. The first-order valence-electron chi connectivity index (χ1n) is 10.4. The summed E-state index contributed by atoms with van der Waals surface area (Å²) in [5.41, 5.74) is -3.31. The van der Waals surface area contributed by atoms with Crippen LogP contribution >= 0.6 is 0 Å². The van der Waals surface area contributed by atoms with E-state index < -0.39 is 40.4 Å². The van der Waals surface area contributed by atoms with E-state index >= 15 is 0 Å². The van der Waals surface area contributed by atoms with Gasteiger partial charge in [0.05, 0.1) is 28.2 Å². The maximum absolute atomic E-state index is 13.7. The van der Waals surface area contributed by atoms with Gasteiger partial charge in [0.25, 0.3) is 0 Å². The van der Waals surface area contributed by atoms with Crippen molar-refractivity contribution in [2.75, 3.05) is 11.4 Å². The minimum atomic E-state index is -5.07. The van der Waals surface area contributed by atoms with Gasteiger partial charge in [-0.05, 0) is 38.1 Å². The Labute approximate surface area is 199 Å². The standard InChI is InChI=1S/C22H16F6N8/c1-3-35(12(2)19-33-11-34-36(19)17-5-4-13(8-29)9-30-17)20-15-6-14(21(23,24)25)7-16(22(26,27)28)18(15)31-10-32-20/h4-7,9-12H,3H2,1-2H3/t12-/m0/s1. The fraction of sp³-hybridized carbons (Fsp3) is 0.273. The minimum absolute atomic E-state index is 0.0476. The molecule has 0 radical (unpaired) electrons. The Morgan fingerprint density at radius 3 is 2.33 bits per heavy atom. The van der Waals surface area contributed by atoms with Gasteiger partial charge in [-0.1, -0.05) is 0 Å². The molecule has 186 valence electrons. The van der Waals surface area contributed by atoms with Crippen LogP contribution in [0, 0.1) is 11.3 Å². The second-order valence-corrected chi connectivity index (χ2v) is 7.62. The number of hydrogen-bond donors (Lipinski definition) is 0. The molecule has 3 heterocycles. The molecule has 4 rings (SSSR count). The molecule has 0 unspecified atom stereocenters. The van der Waals surface area contributed by atoms with Crippen LogP contribution in [0.2, 0.25) is 0 Å². The van der Waals surface area contributed by atoms with Gasteiger partial charge < -0.3 is 4.90 Å². The molecule has 0 aliphatic carbocycles. The third-order valence-electron chi connectivity index (χ3n) is 5.47. The molecule has 0 bridgehead atoms. The quantitative estimate of drug-likeness (QED) is 0.348. The van der Waals surface area contributed by atoms with Crippen LogP contribution in [-0.4, -0.2) is 36.3 Å². The van der Waals surface area contributed by atoms with E-state index in [1.54, 1.807) is 13.8 Å². The Morgan fingerprint density at radius 1 is 1.00 bits per heavy atom. The Bertz CT molecular complexity index is 1440. The summed E-state index contributed by atoms with van der Waals surface area (Å²) in [6.07, 6.45) is -6.65. The first kappa shape index (κ1) is 24.8. The summed E-state index contributed by atoms with van der Waals surface area (Å²) in [6, 6.07) is 4.94. The number of hydrogen-bond acceptors (Lipinski definition) is 7. The zero-order valence-electron chi connectivity index (χ0n) is 18.7. The summed E-state index contributed by atoms with van der Waals surface area (Å²) >= 11 is 0. The molecule has 0 spiro atoms. The lowest BCUT2D eigenvalue weighted by Gasteiger charge is -2.29. The molecule has 14 heteroatoms. The molecule has 1 atom stereocenters. The molecule has 0 saturated carbocycles. The summed E-state index contributed by atoms with van der Waals surface area (Å²) in [4.78, 5) is 17.6. The largest absolute Gasteiger partial charge is 0.418 e. The molecule has 4 aromatic rings. The molecule has 0 amide bonds. The number of nitriles is 1. The highest BCUT2D eigenvalue weighted by Gasteiger charge is 2.39. The average Bonchev–Trinajstić information content (AvgIpc) is 3.33. The van der Waals surface area contributed by atoms with Crippen LogP contribution in [0.3, 0.4) is 0 Å². The van der Waals surface area contributed by atoms with Crippen LogP contribution in [0.25, 0.3) is 16.7 Å². The second-order valence-electron chi connectivity index (χ2n) is 7.62. The van der Waals surface area contributed by atoms with E-state index in [4.69, 9.17) is 5.26 Å². The second kappa shape index (κ2) is 9.06. The van der Waals surface area contributed by atoms with Gasteiger partial charge in [-0.25, -0.2) is 19.9 Å². The van der Waals surface area contributed by atoms with Crippen molar-refractivity contribution in [1.82, 2.24) is 29.7 Å². The lowest BCUT2D eigenvalue weighted by atomic mass is 10.0. The van der Waals surface area contributed by atoms with Gasteiger partial charge in [0.2, 0.25) is 0 Å². The van der Waals surface area contributed by atoms with E-state index in [0.717, 1.165) is 6.33 Å². The summed E-state index contributed by atoms with van der Waals surface area (Å²) in [6.45, 7) is 3.47. The van der Waals surface area contributed by atoms with Crippen molar-refractivity contribution in [3.63, 3.8) is 0 Å². The van der Waals surface area contributed by atoms with Gasteiger partial charge in [0.15, 0.2) is 11.6 Å². The normalized spacial score (nSPS) is 13.0. The molecule has 0 saturated heterocycles. The van der Waals surface area contributed by atoms with Crippen molar-refractivity contribution in [2.45, 2.75) is 32.2 Å². The average molecular weight is 506 g/mol. The van der Waals surface area contributed by atoms with Gasteiger partial charge in [-0.3, -0.25) is 0 Å². The number of rotatable bonds is 5. The van der Waals surface area contributed by atoms with Crippen molar-refractivity contribution in [1.29, 1.82) is 5.26 Å². The van der Waals surface area contributed by atoms with E-state index in [9.17, 15) is 26.3 Å². The number of halogens is 6. The van der Waals surface area contributed by atoms with Crippen LogP contribution in [0.1, 0.15) is 42.4 Å². The van der Waals surface area contributed by atoms with Crippen LogP contribution < -0.4 is 4.90 Å². The van der Waals surface area contributed by atoms with E-state index in [-0.39, 0.29) is 18.4 Å². The molecule has 0 aliphatic rings. The molecule has 3 aromatic heterocycles. The number of fused-ring (bicyclic) bond motifs is 1. The molecular formula is C22H16F6N8. The molecule has 8 nitrogen and oxygen atoms in total. The molecule has 0 N–H and O–H groups in total. The fourth-order valence-electron chi connectivity index (χ4n) is 3.80. The number of nitrogens with zero attached hydrogens (tertiary/aromatic N) is 8. The Balaban J connectivity index is 1.87. The lowest BCUT2D eigenvalue weighted by Crippen LogP contribution is -2.30. The third kappa shape index (κ3) is 4.51. The fourth-order valence-corrected chi connectivity index (χ4v) is 3.80. The first-order valence-corrected chi connectivity index (χ1v) is 10.4. The van der Waals surface area contributed by atoms with E-state index in [0.29, 0.717) is 23.3 Å². The Kier molecular flexibility index (Phi) is 6.25. The number of benzene rings is 1. The first-order chi connectivity index (χ1) is 17.0. The van der Waals surface area contributed by atoms with Crippen molar-refractivity contribution in [3.8, 4) is 11.9 Å². The van der Waals surface area contributed by atoms with Crippen molar-refractivity contribution in [2.24, 2.45) is 0 Å². The van der Waals surface area contributed by atoms with Gasteiger partial charge in [-0.2, -0.15) is 41.4 Å². The van der Waals surface area contributed by atoms with Crippen molar-refractivity contribution < 1.29 is 26.3 Å². The maximum Gasteiger partial charge on any atom is 0.418 e. The molecule has 36 heavy (non-hydrogen) atoms. The maximum atomic E-state index is 13.7. The number of aromatic nitrogens is 6. The Morgan fingerprint density at radius 2 is 1.75 bits per heavy atom. The Hall–Kier alpha value is -4.28. The highest BCUT2D eigenvalue weighted by atomic mass is 19.4. The van der Waals surface area contributed by atoms with E-state index in [2.05, 4.69) is 25.0 Å². The van der Waals surface area contributed by atoms with Gasteiger partial charge in [0.1, 0.15) is 24.5 Å².